The summed E-state index contributed by atoms with van der Waals surface area (Å²) in [6.07, 6.45) is 0.517. The van der Waals surface area contributed by atoms with Gasteiger partial charge in [-0.3, -0.25) is 4.79 Å². The minimum absolute atomic E-state index is 0.0236. The number of nitrogens with two attached hydrogens (primary N) is 2. The third-order valence-electron chi connectivity index (χ3n) is 2.69. The molecule has 5 N–H and O–H groups in total. The topological polar surface area (TPSA) is 92.6 Å². The van der Waals surface area contributed by atoms with Gasteiger partial charge in [0.2, 0.25) is 0 Å². The molecule has 0 fully saturated rings. The fourth-order valence-corrected chi connectivity index (χ4v) is 1.74. The van der Waals surface area contributed by atoms with E-state index in [0.717, 1.165) is 6.07 Å². The number of halogens is 1. The molecule has 0 saturated carbocycles. The highest BCUT2D eigenvalue weighted by Crippen LogP contribution is 2.25. The summed E-state index contributed by atoms with van der Waals surface area (Å²) in [7, 11) is 0. The summed E-state index contributed by atoms with van der Waals surface area (Å²) in [5, 5.41) is 8.80. The van der Waals surface area contributed by atoms with Crippen LogP contribution in [0.2, 0.25) is 0 Å². The number of carbonyl (C=O) groups excluding carboxylic acids is 1. The second-order valence-corrected chi connectivity index (χ2v) is 3.91. The summed E-state index contributed by atoms with van der Waals surface area (Å²) in [5.41, 5.74) is 11.1. The van der Waals surface area contributed by atoms with Crippen LogP contribution in [-0.2, 0) is 0 Å². The SMILES string of the molecule is CCN(CCCO)c1cc(C(N)=O)c(N)cc1F. The second-order valence-electron chi connectivity index (χ2n) is 3.91. The third-order valence-corrected chi connectivity index (χ3v) is 2.69. The van der Waals surface area contributed by atoms with Gasteiger partial charge in [0.25, 0.3) is 5.91 Å². The number of primary amides is 1. The lowest BCUT2D eigenvalue weighted by molar-refractivity contribution is 0.100. The summed E-state index contributed by atoms with van der Waals surface area (Å²) in [6, 6.07) is 2.45. The Morgan fingerprint density at radius 2 is 2.17 bits per heavy atom. The molecule has 18 heavy (non-hydrogen) atoms. The minimum atomic E-state index is -0.688. The van der Waals surface area contributed by atoms with E-state index in [-0.39, 0.29) is 23.5 Å². The summed E-state index contributed by atoms with van der Waals surface area (Å²) in [6.45, 7) is 2.93. The van der Waals surface area contributed by atoms with Crippen molar-refractivity contribution in [2.45, 2.75) is 13.3 Å². The molecule has 0 aliphatic carbocycles. The fraction of sp³-hybridized carbons (Fsp3) is 0.417. The Morgan fingerprint density at radius 3 is 2.67 bits per heavy atom. The monoisotopic (exact) mass is 255 g/mol. The normalized spacial score (nSPS) is 10.4. The van der Waals surface area contributed by atoms with Gasteiger partial charge in [0.1, 0.15) is 5.82 Å². The zero-order chi connectivity index (χ0) is 13.7. The predicted octanol–water partition coefficient (Wildman–Crippen LogP) is 0.716. The molecule has 0 radical (unpaired) electrons. The Labute approximate surface area is 105 Å². The smallest absolute Gasteiger partial charge is 0.250 e. The lowest BCUT2D eigenvalue weighted by Gasteiger charge is -2.24. The summed E-state index contributed by atoms with van der Waals surface area (Å²) in [4.78, 5) is 12.9. The van der Waals surface area contributed by atoms with Crippen molar-refractivity contribution in [2.24, 2.45) is 5.73 Å². The number of rotatable bonds is 6. The highest BCUT2D eigenvalue weighted by atomic mass is 19.1. The maximum absolute atomic E-state index is 13.8. The van der Waals surface area contributed by atoms with Gasteiger partial charge in [-0.1, -0.05) is 0 Å². The van der Waals surface area contributed by atoms with E-state index in [1.54, 1.807) is 4.90 Å². The molecule has 0 spiro atoms. The van der Waals surface area contributed by atoms with Crippen molar-refractivity contribution >= 4 is 17.3 Å². The van der Waals surface area contributed by atoms with Crippen molar-refractivity contribution in [3.63, 3.8) is 0 Å². The standard InChI is InChI=1S/C12H18FN3O2/c1-2-16(4-3-5-17)11-6-8(12(15)18)10(14)7-9(11)13/h6-7,17H,2-5,14H2,1H3,(H2,15,18). The molecule has 1 amide bonds. The number of hydrogen-bond donors (Lipinski definition) is 3. The first kappa shape index (κ1) is 14.2. The first-order chi connectivity index (χ1) is 8.51. The maximum atomic E-state index is 13.8. The molecule has 1 aromatic carbocycles. The van der Waals surface area contributed by atoms with Gasteiger partial charge in [0.05, 0.1) is 11.3 Å². The number of hydrogen-bond acceptors (Lipinski definition) is 4. The van der Waals surface area contributed by atoms with E-state index < -0.39 is 11.7 Å². The van der Waals surface area contributed by atoms with Crippen molar-refractivity contribution in [3.8, 4) is 0 Å². The first-order valence-electron chi connectivity index (χ1n) is 5.75. The van der Waals surface area contributed by atoms with E-state index in [2.05, 4.69) is 0 Å². The minimum Gasteiger partial charge on any atom is -0.398 e. The van der Waals surface area contributed by atoms with Gasteiger partial charge < -0.3 is 21.5 Å². The zero-order valence-corrected chi connectivity index (χ0v) is 10.3. The van der Waals surface area contributed by atoms with Gasteiger partial charge in [-0.05, 0) is 25.5 Å². The lowest BCUT2D eigenvalue weighted by Crippen LogP contribution is -2.26. The highest BCUT2D eigenvalue weighted by molar-refractivity contribution is 5.99. The quantitative estimate of drug-likeness (QED) is 0.653. The summed E-state index contributed by atoms with van der Waals surface area (Å²) >= 11 is 0. The molecule has 0 unspecified atom stereocenters. The molecule has 0 aliphatic rings. The van der Waals surface area contributed by atoms with Crippen molar-refractivity contribution < 1.29 is 14.3 Å². The van der Waals surface area contributed by atoms with Gasteiger partial charge >= 0.3 is 0 Å². The molecule has 100 valence electrons. The van der Waals surface area contributed by atoms with Gasteiger partial charge in [0.15, 0.2) is 0 Å². The molecular weight excluding hydrogens is 237 g/mol. The van der Waals surface area contributed by atoms with Gasteiger partial charge in [-0.25, -0.2) is 4.39 Å². The van der Waals surface area contributed by atoms with Crippen LogP contribution in [0.1, 0.15) is 23.7 Å². The number of aliphatic hydroxyl groups excluding tert-OH is 1. The Hall–Kier alpha value is -1.82. The molecule has 1 rings (SSSR count). The zero-order valence-electron chi connectivity index (χ0n) is 10.3. The lowest BCUT2D eigenvalue weighted by atomic mass is 10.1. The first-order valence-corrected chi connectivity index (χ1v) is 5.75. The third kappa shape index (κ3) is 3.10. The van der Waals surface area contributed by atoms with Crippen LogP contribution in [0.4, 0.5) is 15.8 Å². The van der Waals surface area contributed by atoms with Crippen LogP contribution in [0.5, 0.6) is 0 Å². The molecule has 0 atom stereocenters. The molecule has 0 saturated heterocycles. The molecule has 0 bridgehead atoms. The molecule has 6 heteroatoms. The van der Waals surface area contributed by atoms with Gasteiger partial charge in [-0.2, -0.15) is 0 Å². The number of amides is 1. The van der Waals surface area contributed by atoms with Crippen molar-refractivity contribution in [1.29, 1.82) is 0 Å². The van der Waals surface area contributed by atoms with Crippen molar-refractivity contribution in [3.05, 3.63) is 23.5 Å². The molecular formula is C12H18FN3O2. The van der Waals surface area contributed by atoms with E-state index in [1.165, 1.54) is 6.07 Å². The summed E-state index contributed by atoms with van der Waals surface area (Å²) < 4.78 is 13.8. The molecule has 5 nitrogen and oxygen atoms in total. The van der Waals surface area contributed by atoms with E-state index in [1.807, 2.05) is 6.92 Å². The van der Waals surface area contributed by atoms with Crippen LogP contribution in [-0.4, -0.2) is 30.7 Å². The highest BCUT2D eigenvalue weighted by Gasteiger charge is 2.15. The number of aliphatic hydroxyl groups is 1. The molecule has 1 aromatic rings. The van der Waals surface area contributed by atoms with Crippen LogP contribution >= 0.6 is 0 Å². The average molecular weight is 255 g/mol. The molecule has 0 heterocycles. The predicted molar refractivity (Wildman–Crippen MR) is 68.9 cm³/mol. The van der Waals surface area contributed by atoms with Gasteiger partial charge in [0, 0.05) is 25.4 Å². The van der Waals surface area contributed by atoms with Crippen LogP contribution in [0.25, 0.3) is 0 Å². The number of nitrogens with zero attached hydrogens (tertiary/aromatic N) is 1. The van der Waals surface area contributed by atoms with Crippen LogP contribution in [0.3, 0.4) is 0 Å². The van der Waals surface area contributed by atoms with Crippen LogP contribution in [0.15, 0.2) is 12.1 Å². The van der Waals surface area contributed by atoms with Crippen LogP contribution < -0.4 is 16.4 Å². The van der Waals surface area contributed by atoms with E-state index in [9.17, 15) is 9.18 Å². The number of nitrogen functional groups attached to an aromatic ring is 1. The average Bonchev–Trinajstić information content (AvgIpc) is 2.31. The number of carbonyl (C=O) groups is 1. The number of anilines is 2. The largest absolute Gasteiger partial charge is 0.398 e. The Bertz CT molecular complexity index is 438. The Balaban J connectivity index is 3.13. The van der Waals surface area contributed by atoms with Crippen molar-refractivity contribution in [2.75, 3.05) is 30.3 Å². The van der Waals surface area contributed by atoms with E-state index in [4.69, 9.17) is 16.6 Å². The fourth-order valence-electron chi connectivity index (χ4n) is 1.74. The second kappa shape index (κ2) is 6.20. The van der Waals surface area contributed by atoms with Crippen molar-refractivity contribution in [1.82, 2.24) is 0 Å². The Morgan fingerprint density at radius 1 is 1.50 bits per heavy atom. The molecule has 0 aliphatic heterocycles. The number of benzene rings is 1. The summed E-state index contributed by atoms with van der Waals surface area (Å²) in [5.74, 6) is -1.19. The molecule has 0 aromatic heterocycles. The van der Waals surface area contributed by atoms with E-state index in [0.29, 0.717) is 19.5 Å². The van der Waals surface area contributed by atoms with Crippen LogP contribution in [0, 0.1) is 5.82 Å². The Kier molecular flexibility index (Phi) is 4.91. The van der Waals surface area contributed by atoms with E-state index >= 15 is 0 Å². The maximum Gasteiger partial charge on any atom is 0.250 e. The van der Waals surface area contributed by atoms with Gasteiger partial charge in [-0.15, -0.1) is 0 Å².